The summed E-state index contributed by atoms with van der Waals surface area (Å²) in [5.74, 6) is 0.597. The van der Waals surface area contributed by atoms with Crippen LogP contribution in [0, 0.1) is 6.92 Å². The van der Waals surface area contributed by atoms with Crippen molar-refractivity contribution in [3.8, 4) is 5.75 Å². The number of amides is 1. The summed E-state index contributed by atoms with van der Waals surface area (Å²) in [7, 11) is 0. The molecule has 1 N–H and O–H groups in total. The van der Waals surface area contributed by atoms with Crippen LogP contribution in [-0.4, -0.2) is 12.5 Å². The van der Waals surface area contributed by atoms with Crippen LogP contribution in [-0.2, 0) is 4.79 Å². The number of anilines is 1. The number of nitrogens with one attached hydrogen (secondary N) is 1. The molecule has 2 aromatic carbocycles. The zero-order valence-corrected chi connectivity index (χ0v) is 13.0. The normalized spacial score (nSPS) is 10.2. The molecule has 0 heterocycles. The molecule has 0 saturated heterocycles. The van der Waals surface area contributed by atoms with Gasteiger partial charge in [-0.05, 0) is 37.3 Å². The quantitative estimate of drug-likeness (QED) is 0.865. The van der Waals surface area contributed by atoms with Crippen LogP contribution in [0.4, 0.5) is 5.69 Å². The van der Waals surface area contributed by atoms with Crippen LogP contribution in [0.2, 0.25) is 10.0 Å². The van der Waals surface area contributed by atoms with E-state index in [4.69, 9.17) is 27.9 Å². The van der Waals surface area contributed by atoms with Crippen LogP contribution < -0.4 is 10.1 Å². The minimum absolute atomic E-state index is 0.152. The number of halogens is 2. The van der Waals surface area contributed by atoms with Crippen molar-refractivity contribution in [3.05, 3.63) is 58.1 Å². The summed E-state index contributed by atoms with van der Waals surface area (Å²) in [6, 6.07) is 12.6. The van der Waals surface area contributed by atoms with Crippen molar-refractivity contribution in [3.63, 3.8) is 0 Å². The Kier molecular flexibility index (Phi) is 5.48. The van der Waals surface area contributed by atoms with E-state index in [1.54, 1.807) is 18.2 Å². The molecule has 1 amide bonds. The minimum atomic E-state index is -0.152. The number of hydrogen-bond donors (Lipinski definition) is 1. The first kappa shape index (κ1) is 15.7. The maximum absolute atomic E-state index is 11.8. The topological polar surface area (TPSA) is 38.3 Å². The second-order valence-corrected chi connectivity index (χ2v) is 5.49. The number of carbonyl (C=O) groups excluding carboxylic acids is 1. The van der Waals surface area contributed by atoms with Gasteiger partial charge in [0.25, 0.3) is 0 Å². The van der Waals surface area contributed by atoms with Crippen molar-refractivity contribution in [2.24, 2.45) is 0 Å². The van der Waals surface area contributed by atoms with E-state index in [0.717, 1.165) is 11.3 Å². The van der Waals surface area contributed by atoms with Crippen molar-refractivity contribution in [1.82, 2.24) is 0 Å². The lowest BCUT2D eigenvalue weighted by molar-refractivity contribution is -0.116. The van der Waals surface area contributed by atoms with Crippen LogP contribution in [0.5, 0.6) is 5.75 Å². The van der Waals surface area contributed by atoms with Crippen LogP contribution in [0.1, 0.15) is 12.0 Å². The highest BCUT2D eigenvalue weighted by Crippen LogP contribution is 2.22. The van der Waals surface area contributed by atoms with Crippen molar-refractivity contribution >= 4 is 34.8 Å². The van der Waals surface area contributed by atoms with Gasteiger partial charge in [-0.15, -0.1) is 0 Å². The Morgan fingerprint density at radius 2 is 1.71 bits per heavy atom. The molecule has 0 aliphatic heterocycles. The monoisotopic (exact) mass is 323 g/mol. The average Bonchev–Trinajstić information content (AvgIpc) is 2.39. The summed E-state index contributed by atoms with van der Waals surface area (Å²) >= 11 is 11.7. The Labute approximate surface area is 133 Å². The van der Waals surface area contributed by atoms with Gasteiger partial charge in [0.15, 0.2) is 0 Å². The summed E-state index contributed by atoms with van der Waals surface area (Å²) in [5.41, 5.74) is 1.74. The lowest BCUT2D eigenvalue weighted by Gasteiger charge is -2.08. The highest BCUT2D eigenvalue weighted by molar-refractivity contribution is 6.35. The third kappa shape index (κ3) is 5.29. The number of hydrogen-bond acceptors (Lipinski definition) is 2. The minimum Gasteiger partial charge on any atom is -0.493 e. The summed E-state index contributed by atoms with van der Waals surface area (Å²) in [5, 5.41) is 3.69. The van der Waals surface area contributed by atoms with E-state index in [2.05, 4.69) is 5.32 Å². The first-order valence-corrected chi connectivity index (χ1v) is 7.24. The predicted octanol–water partition coefficient (Wildman–Crippen LogP) is 4.71. The summed E-state index contributed by atoms with van der Waals surface area (Å²) in [6.07, 6.45) is 0.248. The maximum atomic E-state index is 11.8. The molecule has 0 saturated carbocycles. The molecule has 0 bridgehead atoms. The molecule has 2 aromatic rings. The smallest absolute Gasteiger partial charge is 0.227 e. The molecule has 0 unspecified atom stereocenters. The summed E-state index contributed by atoms with van der Waals surface area (Å²) in [4.78, 5) is 11.8. The number of ether oxygens (including phenoxy) is 1. The Hall–Kier alpha value is -1.71. The highest BCUT2D eigenvalue weighted by atomic mass is 35.5. The molecule has 21 heavy (non-hydrogen) atoms. The zero-order chi connectivity index (χ0) is 15.2. The van der Waals surface area contributed by atoms with Gasteiger partial charge in [0.2, 0.25) is 5.91 Å². The standard InChI is InChI=1S/C16H15Cl2NO2/c1-11-2-4-15(5-3-11)21-7-6-16(20)19-14-9-12(17)8-13(18)10-14/h2-5,8-10H,6-7H2,1H3,(H,19,20). The van der Waals surface area contributed by atoms with Crippen LogP contribution in [0.3, 0.4) is 0 Å². The van der Waals surface area contributed by atoms with Gasteiger partial charge in [-0.25, -0.2) is 0 Å². The lowest BCUT2D eigenvalue weighted by atomic mass is 10.2. The average molecular weight is 324 g/mol. The van der Waals surface area contributed by atoms with Gasteiger partial charge in [0.05, 0.1) is 13.0 Å². The fourth-order valence-electron chi connectivity index (χ4n) is 1.75. The zero-order valence-electron chi connectivity index (χ0n) is 11.5. The molecule has 0 spiro atoms. The predicted molar refractivity (Wildman–Crippen MR) is 86.4 cm³/mol. The largest absolute Gasteiger partial charge is 0.493 e. The molecule has 0 aliphatic carbocycles. The fourth-order valence-corrected chi connectivity index (χ4v) is 2.27. The summed E-state index contributed by atoms with van der Waals surface area (Å²) < 4.78 is 5.50. The molecule has 0 fully saturated rings. The third-order valence-electron chi connectivity index (χ3n) is 2.77. The summed E-state index contributed by atoms with van der Waals surface area (Å²) in [6.45, 7) is 2.32. The van der Waals surface area contributed by atoms with Crippen molar-refractivity contribution < 1.29 is 9.53 Å². The van der Waals surface area contributed by atoms with E-state index in [-0.39, 0.29) is 12.3 Å². The van der Waals surface area contributed by atoms with Crippen LogP contribution >= 0.6 is 23.2 Å². The number of rotatable bonds is 5. The molecular formula is C16H15Cl2NO2. The lowest BCUT2D eigenvalue weighted by Crippen LogP contribution is -2.15. The molecule has 0 atom stereocenters. The molecule has 0 aromatic heterocycles. The van der Waals surface area contributed by atoms with Gasteiger partial charge in [0.1, 0.15) is 5.75 Å². The van der Waals surface area contributed by atoms with E-state index in [1.807, 2.05) is 31.2 Å². The van der Waals surface area contributed by atoms with Crippen molar-refractivity contribution in [2.75, 3.05) is 11.9 Å². The van der Waals surface area contributed by atoms with Gasteiger partial charge in [0, 0.05) is 15.7 Å². The maximum Gasteiger partial charge on any atom is 0.227 e. The molecule has 2 rings (SSSR count). The molecule has 0 aliphatic rings. The van der Waals surface area contributed by atoms with Crippen LogP contribution in [0.25, 0.3) is 0 Å². The first-order valence-electron chi connectivity index (χ1n) is 6.48. The van der Waals surface area contributed by atoms with Gasteiger partial charge in [-0.1, -0.05) is 40.9 Å². The van der Waals surface area contributed by atoms with Gasteiger partial charge in [-0.3, -0.25) is 4.79 Å². The highest BCUT2D eigenvalue weighted by Gasteiger charge is 2.05. The van der Waals surface area contributed by atoms with Gasteiger partial charge in [-0.2, -0.15) is 0 Å². The Balaban J connectivity index is 1.80. The molecule has 3 nitrogen and oxygen atoms in total. The molecule has 0 radical (unpaired) electrons. The number of aryl methyl sites for hydroxylation is 1. The second kappa shape index (κ2) is 7.34. The Morgan fingerprint density at radius 3 is 2.33 bits per heavy atom. The van der Waals surface area contributed by atoms with Crippen molar-refractivity contribution in [2.45, 2.75) is 13.3 Å². The molecule has 110 valence electrons. The van der Waals surface area contributed by atoms with Gasteiger partial charge < -0.3 is 10.1 Å². The van der Waals surface area contributed by atoms with E-state index in [1.165, 1.54) is 0 Å². The van der Waals surface area contributed by atoms with Crippen LogP contribution in [0.15, 0.2) is 42.5 Å². The molecule has 5 heteroatoms. The number of carbonyl (C=O) groups is 1. The number of benzene rings is 2. The fraction of sp³-hybridized carbons (Fsp3) is 0.188. The SMILES string of the molecule is Cc1ccc(OCCC(=O)Nc2cc(Cl)cc(Cl)c2)cc1. The van der Waals surface area contributed by atoms with Gasteiger partial charge >= 0.3 is 0 Å². The Morgan fingerprint density at radius 1 is 1.10 bits per heavy atom. The van der Waals surface area contributed by atoms with E-state index < -0.39 is 0 Å². The first-order chi connectivity index (χ1) is 10.0. The van der Waals surface area contributed by atoms with E-state index in [0.29, 0.717) is 22.3 Å². The van der Waals surface area contributed by atoms with Crippen molar-refractivity contribution in [1.29, 1.82) is 0 Å². The second-order valence-electron chi connectivity index (χ2n) is 4.62. The van der Waals surface area contributed by atoms with E-state index >= 15 is 0 Å². The molecular weight excluding hydrogens is 309 g/mol. The Bertz CT molecular complexity index is 606. The third-order valence-corrected chi connectivity index (χ3v) is 3.20. The van der Waals surface area contributed by atoms with E-state index in [9.17, 15) is 4.79 Å².